The zero-order valence-electron chi connectivity index (χ0n) is 13.2. The molecule has 6 nitrogen and oxygen atoms in total. The fourth-order valence-electron chi connectivity index (χ4n) is 1.84. The van der Waals surface area contributed by atoms with Crippen LogP contribution in [0.15, 0.2) is 48.5 Å². The van der Waals surface area contributed by atoms with Crippen molar-refractivity contribution in [3.8, 4) is 11.5 Å². The van der Waals surface area contributed by atoms with Crippen LogP contribution in [-0.2, 0) is 0 Å². The van der Waals surface area contributed by atoms with Crippen LogP contribution in [0.25, 0.3) is 0 Å². The third kappa shape index (κ3) is 5.98. The number of halogens is 1. The van der Waals surface area contributed by atoms with Crippen molar-refractivity contribution in [1.82, 2.24) is 5.32 Å². The Morgan fingerprint density at radius 3 is 2.38 bits per heavy atom. The number of amides is 2. The van der Waals surface area contributed by atoms with Gasteiger partial charge < -0.3 is 25.2 Å². The molecular weight excluding hydrogens is 332 g/mol. The molecule has 3 N–H and O–H groups in total. The molecule has 0 heterocycles. The molecule has 0 aromatic heterocycles. The average molecular weight is 351 g/mol. The van der Waals surface area contributed by atoms with Gasteiger partial charge in [0.1, 0.15) is 24.2 Å². The molecule has 0 saturated heterocycles. The first-order valence-electron chi connectivity index (χ1n) is 7.32. The Morgan fingerprint density at radius 2 is 1.75 bits per heavy atom. The van der Waals surface area contributed by atoms with Gasteiger partial charge in [-0.2, -0.15) is 0 Å². The number of anilines is 1. The minimum absolute atomic E-state index is 0.0630. The van der Waals surface area contributed by atoms with Crippen LogP contribution in [-0.4, -0.2) is 37.5 Å². The van der Waals surface area contributed by atoms with E-state index in [0.717, 1.165) is 5.75 Å². The van der Waals surface area contributed by atoms with Crippen molar-refractivity contribution >= 4 is 23.3 Å². The monoisotopic (exact) mass is 350 g/mol. The number of rotatable bonds is 7. The molecule has 24 heavy (non-hydrogen) atoms. The lowest BCUT2D eigenvalue weighted by molar-refractivity contribution is 0.108. The van der Waals surface area contributed by atoms with Gasteiger partial charge in [0.25, 0.3) is 0 Å². The first-order chi connectivity index (χ1) is 11.6. The summed E-state index contributed by atoms with van der Waals surface area (Å²) < 4.78 is 10.5. The van der Waals surface area contributed by atoms with E-state index in [0.29, 0.717) is 16.5 Å². The van der Waals surface area contributed by atoms with Crippen molar-refractivity contribution in [1.29, 1.82) is 0 Å². The zero-order valence-corrected chi connectivity index (χ0v) is 13.9. The Bertz CT molecular complexity index is 647. The van der Waals surface area contributed by atoms with Crippen LogP contribution in [0, 0.1) is 0 Å². The van der Waals surface area contributed by atoms with E-state index >= 15 is 0 Å². The predicted octanol–water partition coefficient (Wildman–Crippen LogP) is 2.91. The summed E-state index contributed by atoms with van der Waals surface area (Å²) in [7, 11) is 1.58. The number of aliphatic hydroxyl groups is 1. The summed E-state index contributed by atoms with van der Waals surface area (Å²) in [6.45, 7) is 0.128. The molecule has 2 rings (SSSR count). The third-order valence-corrected chi connectivity index (χ3v) is 3.35. The molecule has 0 bridgehead atoms. The molecule has 2 aromatic rings. The van der Waals surface area contributed by atoms with Crippen LogP contribution < -0.4 is 20.1 Å². The maximum Gasteiger partial charge on any atom is 0.319 e. The summed E-state index contributed by atoms with van der Waals surface area (Å²) in [5, 5.41) is 15.6. The molecule has 2 amide bonds. The van der Waals surface area contributed by atoms with Crippen LogP contribution in [0.2, 0.25) is 5.02 Å². The van der Waals surface area contributed by atoms with Crippen molar-refractivity contribution in [2.24, 2.45) is 0 Å². The van der Waals surface area contributed by atoms with E-state index in [1.165, 1.54) is 0 Å². The normalized spacial score (nSPS) is 11.5. The van der Waals surface area contributed by atoms with Crippen molar-refractivity contribution < 1.29 is 19.4 Å². The number of nitrogens with one attached hydrogen (secondary N) is 2. The number of urea groups is 1. The second-order valence-electron chi connectivity index (χ2n) is 4.98. The number of carbonyl (C=O) groups is 1. The van der Waals surface area contributed by atoms with E-state index in [-0.39, 0.29) is 13.2 Å². The summed E-state index contributed by atoms with van der Waals surface area (Å²) in [5.41, 5.74) is 0.612. The molecule has 0 saturated carbocycles. The highest BCUT2D eigenvalue weighted by Gasteiger charge is 2.08. The fraction of sp³-hybridized carbons (Fsp3) is 0.235. The standard InChI is InChI=1S/C17H19ClN2O4/c1-23-15-6-8-16(9-7-15)24-11-14(21)10-19-17(22)20-13-4-2-12(18)3-5-13/h2-9,14,21H,10-11H2,1H3,(H2,19,20,22)/t14-/m1/s1. The van der Waals surface area contributed by atoms with Crippen molar-refractivity contribution in [2.75, 3.05) is 25.6 Å². The van der Waals surface area contributed by atoms with Gasteiger partial charge in [-0.3, -0.25) is 0 Å². The molecule has 0 aliphatic carbocycles. The quantitative estimate of drug-likeness (QED) is 0.717. The smallest absolute Gasteiger partial charge is 0.319 e. The Hall–Kier alpha value is -2.44. The molecular formula is C17H19ClN2O4. The summed E-state index contributed by atoms with van der Waals surface area (Å²) in [6, 6.07) is 13.3. The van der Waals surface area contributed by atoms with Gasteiger partial charge in [-0.1, -0.05) is 11.6 Å². The lowest BCUT2D eigenvalue weighted by atomic mass is 10.3. The van der Waals surface area contributed by atoms with E-state index in [1.807, 2.05) is 0 Å². The number of hydrogen-bond donors (Lipinski definition) is 3. The zero-order chi connectivity index (χ0) is 17.4. The highest BCUT2D eigenvalue weighted by molar-refractivity contribution is 6.30. The van der Waals surface area contributed by atoms with Crippen LogP contribution in [0.4, 0.5) is 10.5 Å². The molecule has 0 radical (unpaired) electrons. The topological polar surface area (TPSA) is 79.8 Å². The highest BCUT2D eigenvalue weighted by atomic mass is 35.5. The Balaban J connectivity index is 1.69. The van der Waals surface area contributed by atoms with Crippen LogP contribution >= 0.6 is 11.6 Å². The molecule has 0 spiro atoms. The molecule has 7 heteroatoms. The van der Waals surface area contributed by atoms with Gasteiger partial charge in [0.15, 0.2) is 0 Å². The number of hydrogen-bond acceptors (Lipinski definition) is 4. The molecule has 0 fully saturated rings. The summed E-state index contributed by atoms with van der Waals surface area (Å²) in [6.07, 6.45) is -0.830. The van der Waals surface area contributed by atoms with Gasteiger partial charge in [-0.05, 0) is 48.5 Å². The molecule has 2 aromatic carbocycles. The number of benzene rings is 2. The second-order valence-corrected chi connectivity index (χ2v) is 5.42. The van der Waals surface area contributed by atoms with Crippen molar-refractivity contribution in [3.05, 3.63) is 53.6 Å². The van der Waals surface area contributed by atoms with E-state index in [2.05, 4.69) is 10.6 Å². The maximum atomic E-state index is 11.7. The van der Waals surface area contributed by atoms with Gasteiger partial charge in [0, 0.05) is 17.3 Å². The summed E-state index contributed by atoms with van der Waals surface area (Å²) in [4.78, 5) is 11.7. The minimum Gasteiger partial charge on any atom is -0.497 e. The predicted molar refractivity (Wildman–Crippen MR) is 93.0 cm³/mol. The van der Waals surface area contributed by atoms with E-state index in [1.54, 1.807) is 55.6 Å². The van der Waals surface area contributed by atoms with Crippen LogP contribution in [0.3, 0.4) is 0 Å². The number of aliphatic hydroxyl groups excluding tert-OH is 1. The average Bonchev–Trinajstić information content (AvgIpc) is 2.60. The lowest BCUT2D eigenvalue weighted by Gasteiger charge is -2.14. The first kappa shape index (κ1) is 17.9. The van der Waals surface area contributed by atoms with Crippen LogP contribution in [0.5, 0.6) is 11.5 Å². The largest absolute Gasteiger partial charge is 0.497 e. The third-order valence-electron chi connectivity index (χ3n) is 3.10. The number of ether oxygens (including phenoxy) is 2. The Morgan fingerprint density at radius 1 is 1.12 bits per heavy atom. The molecule has 128 valence electrons. The van der Waals surface area contributed by atoms with Gasteiger partial charge in [0.2, 0.25) is 0 Å². The molecule has 1 atom stereocenters. The minimum atomic E-state index is -0.830. The Labute approximate surface area is 145 Å². The first-order valence-corrected chi connectivity index (χ1v) is 7.70. The van der Waals surface area contributed by atoms with E-state index in [4.69, 9.17) is 21.1 Å². The SMILES string of the molecule is COc1ccc(OC[C@H](O)CNC(=O)Nc2ccc(Cl)cc2)cc1. The number of carbonyl (C=O) groups excluding carboxylic acids is 1. The molecule has 0 aliphatic heterocycles. The van der Waals surface area contributed by atoms with Gasteiger partial charge in [-0.25, -0.2) is 4.79 Å². The molecule has 0 unspecified atom stereocenters. The van der Waals surface area contributed by atoms with Gasteiger partial charge in [0.05, 0.1) is 7.11 Å². The summed E-state index contributed by atoms with van der Waals surface area (Å²) >= 11 is 5.77. The Kier molecular flexibility index (Phi) is 6.72. The van der Waals surface area contributed by atoms with Crippen molar-refractivity contribution in [3.63, 3.8) is 0 Å². The lowest BCUT2D eigenvalue weighted by Crippen LogP contribution is -2.37. The number of methoxy groups -OCH3 is 1. The highest BCUT2D eigenvalue weighted by Crippen LogP contribution is 2.17. The van der Waals surface area contributed by atoms with E-state index in [9.17, 15) is 9.90 Å². The fourth-order valence-corrected chi connectivity index (χ4v) is 1.97. The summed E-state index contributed by atoms with van der Waals surface area (Å²) in [5.74, 6) is 1.34. The van der Waals surface area contributed by atoms with Crippen molar-refractivity contribution in [2.45, 2.75) is 6.10 Å². The van der Waals surface area contributed by atoms with E-state index < -0.39 is 12.1 Å². The molecule has 0 aliphatic rings. The van der Waals surface area contributed by atoms with Gasteiger partial charge in [-0.15, -0.1) is 0 Å². The second kappa shape index (κ2) is 9.00. The van der Waals surface area contributed by atoms with Crippen LogP contribution in [0.1, 0.15) is 0 Å². The van der Waals surface area contributed by atoms with Gasteiger partial charge >= 0.3 is 6.03 Å². The maximum absolute atomic E-state index is 11.7.